The maximum atomic E-state index is 12.0. The summed E-state index contributed by atoms with van der Waals surface area (Å²) in [5.41, 5.74) is 6.81. The second-order valence-electron chi connectivity index (χ2n) is 4.67. The predicted octanol–water partition coefficient (Wildman–Crippen LogP) is 2.98. The molecule has 0 unspecified atom stereocenters. The van der Waals surface area contributed by atoms with Crippen LogP contribution in [0.5, 0.6) is 0 Å². The van der Waals surface area contributed by atoms with Crippen LogP contribution in [0, 0.1) is 0 Å². The average molecular weight is 284 g/mol. The van der Waals surface area contributed by atoms with Crippen molar-refractivity contribution in [3.63, 3.8) is 0 Å². The van der Waals surface area contributed by atoms with Crippen LogP contribution in [0.3, 0.4) is 0 Å². The highest BCUT2D eigenvalue weighted by Crippen LogP contribution is 2.24. The number of anilines is 2. The van der Waals surface area contributed by atoms with E-state index in [0.717, 1.165) is 12.8 Å². The van der Waals surface area contributed by atoms with E-state index < -0.39 is 0 Å². The van der Waals surface area contributed by atoms with E-state index in [4.69, 9.17) is 17.3 Å². The number of nitrogens with two attached hydrogens (primary N) is 1. The van der Waals surface area contributed by atoms with Gasteiger partial charge in [-0.2, -0.15) is 0 Å². The van der Waals surface area contributed by atoms with Crippen LogP contribution in [-0.4, -0.2) is 30.4 Å². The SMILES string of the molecule is CCC(CC)N(C)CC(=O)Nc1cc(N)ccc1Cl. The van der Waals surface area contributed by atoms with Crippen molar-refractivity contribution in [3.05, 3.63) is 23.2 Å². The van der Waals surface area contributed by atoms with Crippen LogP contribution in [0.4, 0.5) is 11.4 Å². The van der Waals surface area contributed by atoms with E-state index in [9.17, 15) is 4.79 Å². The number of nitrogens with zero attached hydrogens (tertiary/aromatic N) is 1. The Morgan fingerprint density at radius 1 is 1.42 bits per heavy atom. The number of rotatable bonds is 6. The first-order valence-corrected chi connectivity index (χ1v) is 6.90. The van der Waals surface area contributed by atoms with Crippen LogP contribution in [0.2, 0.25) is 5.02 Å². The first kappa shape index (κ1) is 15.8. The second-order valence-corrected chi connectivity index (χ2v) is 5.08. The fraction of sp³-hybridized carbons (Fsp3) is 0.500. The monoisotopic (exact) mass is 283 g/mol. The Labute approximate surface area is 119 Å². The van der Waals surface area contributed by atoms with Crippen molar-refractivity contribution in [3.8, 4) is 0 Å². The molecule has 0 saturated carbocycles. The molecule has 0 heterocycles. The molecule has 0 fully saturated rings. The molecule has 0 aliphatic carbocycles. The van der Waals surface area contributed by atoms with Gasteiger partial charge in [-0.15, -0.1) is 0 Å². The van der Waals surface area contributed by atoms with Crippen LogP contribution >= 0.6 is 11.6 Å². The fourth-order valence-electron chi connectivity index (χ4n) is 2.10. The number of hydrogen-bond acceptors (Lipinski definition) is 3. The molecule has 1 aromatic carbocycles. The van der Waals surface area contributed by atoms with Gasteiger partial charge in [0, 0.05) is 11.7 Å². The normalized spacial score (nSPS) is 11.1. The summed E-state index contributed by atoms with van der Waals surface area (Å²) >= 11 is 6.01. The fourth-order valence-corrected chi connectivity index (χ4v) is 2.26. The smallest absolute Gasteiger partial charge is 0.238 e. The standard InChI is InChI=1S/C14H22ClN3O/c1-4-11(5-2)18(3)9-14(19)17-13-8-10(16)6-7-12(13)15/h6-8,11H,4-5,9,16H2,1-3H3,(H,17,19). The maximum Gasteiger partial charge on any atom is 0.238 e. The third-order valence-electron chi connectivity index (χ3n) is 3.22. The zero-order valence-electron chi connectivity index (χ0n) is 11.7. The lowest BCUT2D eigenvalue weighted by atomic mass is 10.1. The van der Waals surface area contributed by atoms with Crippen molar-refractivity contribution < 1.29 is 4.79 Å². The molecule has 0 spiro atoms. The summed E-state index contributed by atoms with van der Waals surface area (Å²) in [5, 5.41) is 3.29. The minimum atomic E-state index is -0.0816. The Morgan fingerprint density at radius 3 is 2.63 bits per heavy atom. The van der Waals surface area contributed by atoms with Gasteiger partial charge in [-0.25, -0.2) is 0 Å². The van der Waals surface area contributed by atoms with Crippen molar-refractivity contribution >= 4 is 28.9 Å². The minimum Gasteiger partial charge on any atom is -0.399 e. The van der Waals surface area contributed by atoms with Gasteiger partial charge in [0.2, 0.25) is 5.91 Å². The van der Waals surface area contributed by atoms with Crippen LogP contribution in [0.1, 0.15) is 26.7 Å². The highest BCUT2D eigenvalue weighted by Gasteiger charge is 2.14. The number of carbonyl (C=O) groups excluding carboxylic acids is 1. The molecule has 0 bridgehead atoms. The van der Waals surface area contributed by atoms with Crippen molar-refractivity contribution in [1.29, 1.82) is 0 Å². The molecular formula is C14H22ClN3O. The molecule has 1 amide bonds. The second kappa shape index (κ2) is 7.36. The third kappa shape index (κ3) is 4.73. The van der Waals surface area contributed by atoms with Crippen LogP contribution in [0.25, 0.3) is 0 Å². The quantitative estimate of drug-likeness (QED) is 0.789. The molecule has 5 heteroatoms. The summed E-state index contributed by atoms with van der Waals surface area (Å²) in [4.78, 5) is 14.0. The van der Waals surface area contributed by atoms with E-state index in [1.165, 1.54) is 0 Å². The topological polar surface area (TPSA) is 58.4 Å². The molecule has 106 valence electrons. The maximum absolute atomic E-state index is 12.0. The number of nitrogen functional groups attached to an aromatic ring is 1. The molecule has 0 aliphatic rings. The zero-order valence-corrected chi connectivity index (χ0v) is 12.5. The lowest BCUT2D eigenvalue weighted by Gasteiger charge is -2.25. The van der Waals surface area contributed by atoms with Gasteiger partial charge in [0.1, 0.15) is 0 Å². The molecule has 0 aliphatic heterocycles. The number of halogens is 1. The van der Waals surface area contributed by atoms with Crippen LogP contribution < -0.4 is 11.1 Å². The van der Waals surface area contributed by atoms with Gasteiger partial charge in [-0.05, 0) is 38.1 Å². The van der Waals surface area contributed by atoms with Crippen molar-refractivity contribution in [1.82, 2.24) is 4.90 Å². The Balaban J connectivity index is 2.62. The molecular weight excluding hydrogens is 262 g/mol. The summed E-state index contributed by atoms with van der Waals surface area (Å²) in [6.07, 6.45) is 2.05. The molecule has 1 rings (SSSR count). The highest BCUT2D eigenvalue weighted by atomic mass is 35.5. The first-order valence-electron chi connectivity index (χ1n) is 6.53. The van der Waals surface area contributed by atoms with E-state index >= 15 is 0 Å². The average Bonchev–Trinajstić information content (AvgIpc) is 2.35. The van der Waals surface area contributed by atoms with E-state index in [1.807, 2.05) is 7.05 Å². The lowest BCUT2D eigenvalue weighted by molar-refractivity contribution is -0.117. The number of benzene rings is 1. The molecule has 3 N–H and O–H groups in total. The molecule has 0 aromatic heterocycles. The minimum absolute atomic E-state index is 0.0816. The Kier molecular flexibility index (Phi) is 6.12. The summed E-state index contributed by atoms with van der Waals surface area (Å²) < 4.78 is 0. The molecule has 1 aromatic rings. The molecule has 19 heavy (non-hydrogen) atoms. The number of amides is 1. The van der Waals surface area contributed by atoms with E-state index in [1.54, 1.807) is 18.2 Å². The number of nitrogens with one attached hydrogen (secondary N) is 1. The van der Waals surface area contributed by atoms with Gasteiger partial charge in [-0.1, -0.05) is 25.4 Å². The van der Waals surface area contributed by atoms with Crippen molar-refractivity contribution in [2.75, 3.05) is 24.6 Å². The zero-order chi connectivity index (χ0) is 14.4. The summed E-state index contributed by atoms with van der Waals surface area (Å²) in [5.74, 6) is -0.0816. The van der Waals surface area contributed by atoms with E-state index in [2.05, 4.69) is 24.1 Å². The van der Waals surface area contributed by atoms with Gasteiger partial charge < -0.3 is 11.1 Å². The number of likely N-dealkylation sites (N-methyl/N-ethyl adjacent to an activating group) is 1. The third-order valence-corrected chi connectivity index (χ3v) is 3.55. The first-order chi connectivity index (χ1) is 8.97. The van der Waals surface area contributed by atoms with Crippen LogP contribution in [-0.2, 0) is 4.79 Å². The van der Waals surface area contributed by atoms with Gasteiger partial charge in [0.05, 0.1) is 17.3 Å². The lowest BCUT2D eigenvalue weighted by Crippen LogP contribution is -2.37. The Morgan fingerprint density at radius 2 is 2.05 bits per heavy atom. The van der Waals surface area contributed by atoms with Gasteiger partial charge >= 0.3 is 0 Å². The van der Waals surface area contributed by atoms with Gasteiger partial charge in [0.15, 0.2) is 0 Å². The molecule has 0 saturated heterocycles. The summed E-state index contributed by atoms with van der Waals surface area (Å²) in [6, 6.07) is 5.46. The Hall–Kier alpha value is -1.26. The predicted molar refractivity (Wildman–Crippen MR) is 81.5 cm³/mol. The number of carbonyl (C=O) groups is 1. The van der Waals surface area contributed by atoms with E-state index in [0.29, 0.717) is 29.0 Å². The molecule has 0 atom stereocenters. The highest BCUT2D eigenvalue weighted by molar-refractivity contribution is 6.33. The molecule has 0 radical (unpaired) electrons. The molecule has 4 nitrogen and oxygen atoms in total. The van der Waals surface area contributed by atoms with Crippen molar-refractivity contribution in [2.24, 2.45) is 0 Å². The van der Waals surface area contributed by atoms with Gasteiger partial charge in [-0.3, -0.25) is 9.69 Å². The largest absolute Gasteiger partial charge is 0.399 e. The Bertz CT molecular complexity index is 433. The van der Waals surface area contributed by atoms with Gasteiger partial charge in [0.25, 0.3) is 0 Å². The van der Waals surface area contributed by atoms with Crippen LogP contribution in [0.15, 0.2) is 18.2 Å². The summed E-state index contributed by atoms with van der Waals surface area (Å²) in [7, 11) is 1.96. The number of hydrogen-bond donors (Lipinski definition) is 2. The van der Waals surface area contributed by atoms with Crippen molar-refractivity contribution in [2.45, 2.75) is 32.7 Å². The summed E-state index contributed by atoms with van der Waals surface area (Å²) in [6.45, 7) is 4.59. The van der Waals surface area contributed by atoms with E-state index in [-0.39, 0.29) is 5.91 Å².